The molecule has 1 N–H and O–H groups in total. The number of halogens is 1. The van der Waals surface area contributed by atoms with E-state index in [9.17, 15) is 9.18 Å². The quantitative estimate of drug-likeness (QED) is 0.458. The van der Waals surface area contributed by atoms with Crippen molar-refractivity contribution in [1.29, 1.82) is 0 Å². The fourth-order valence-electron chi connectivity index (χ4n) is 2.70. The van der Waals surface area contributed by atoms with Crippen LogP contribution in [0.3, 0.4) is 0 Å². The summed E-state index contributed by atoms with van der Waals surface area (Å²) >= 11 is 2.75. The van der Waals surface area contributed by atoms with Crippen LogP contribution in [0.1, 0.15) is 5.69 Å². The lowest BCUT2D eigenvalue weighted by Crippen LogP contribution is -2.14. The van der Waals surface area contributed by atoms with Gasteiger partial charge in [-0.2, -0.15) is 0 Å². The zero-order valence-electron chi connectivity index (χ0n) is 15.4. The molecule has 0 unspecified atom stereocenters. The fraction of sp³-hybridized carbons (Fsp3) is 0.0952. The molecule has 0 aliphatic heterocycles. The average molecular weight is 426 g/mol. The maximum atomic E-state index is 13.4. The Morgan fingerprint density at radius 1 is 1.07 bits per heavy atom. The molecule has 0 saturated heterocycles. The van der Waals surface area contributed by atoms with E-state index >= 15 is 0 Å². The van der Waals surface area contributed by atoms with Gasteiger partial charge in [-0.25, -0.2) is 14.4 Å². The standard InChI is InChI=1S/C21H16FN3O2S2/c1-27-17-7-5-13(6-8-17)18-12-29-21(24-18)25-19(26)10-16-11-28-20(23-16)14-3-2-4-15(22)9-14/h2-9,11-12H,10H2,1H3,(H,24,25,26). The normalized spacial score (nSPS) is 10.7. The highest BCUT2D eigenvalue weighted by Gasteiger charge is 2.12. The number of rotatable bonds is 6. The molecular weight excluding hydrogens is 409 g/mol. The summed E-state index contributed by atoms with van der Waals surface area (Å²) in [4.78, 5) is 21.3. The molecular formula is C21H16FN3O2S2. The summed E-state index contributed by atoms with van der Waals surface area (Å²) in [7, 11) is 1.62. The molecule has 146 valence electrons. The lowest BCUT2D eigenvalue weighted by atomic mass is 10.2. The minimum Gasteiger partial charge on any atom is -0.497 e. The topological polar surface area (TPSA) is 64.1 Å². The highest BCUT2D eigenvalue weighted by molar-refractivity contribution is 7.14. The van der Waals surface area contributed by atoms with E-state index in [1.165, 1.54) is 34.8 Å². The highest BCUT2D eigenvalue weighted by Crippen LogP contribution is 2.27. The molecule has 4 rings (SSSR count). The van der Waals surface area contributed by atoms with Crippen molar-refractivity contribution in [3.63, 3.8) is 0 Å². The third kappa shape index (κ3) is 4.67. The average Bonchev–Trinajstić information content (AvgIpc) is 3.38. The van der Waals surface area contributed by atoms with E-state index in [-0.39, 0.29) is 18.1 Å². The molecule has 29 heavy (non-hydrogen) atoms. The van der Waals surface area contributed by atoms with E-state index in [4.69, 9.17) is 4.74 Å². The maximum Gasteiger partial charge on any atom is 0.232 e. The summed E-state index contributed by atoms with van der Waals surface area (Å²) in [5.41, 5.74) is 3.07. The number of hydrogen-bond acceptors (Lipinski definition) is 6. The lowest BCUT2D eigenvalue weighted by Gasteiger charge is -2.01. The molecule has 0 atom stereocenters. The number of thiazole rings is 2. The van der Waals surface area contributed by atoms with Crippen molar-refractivity contribution in [2.75, 3.05) is 12.4 Å². The van der Waals surface area contributed by atoms with E-state index in [1.807, 2.05) is 35.0 Å². The summed E-state index contributed by atoms with van der Waals surface area (Å²) in [6.45, 7) is 0. The Labute approximate surface area is 174 Å². The molecule has 0 spiro atoms. The van der Waals surface area contributed by atoms with E-state index < -0.39 is 0 Å². The smallest absolute Gasteiger partial charge is 0.232 e. The molecule has 2 aromatic carbocycles. The van der Waals surface area contributed by atoms with Crippen molar-refractivity contribution in [3.8, 4) is 27.6 Å². The highest BCUT2D eigenvalue weighted by atomic mass is 32.1. The Morgan fingerprint density at radius 3 is 2.66 bits per heavy atom. The number of hydrogen-bond donors (Lipinski definition) is 1. The monoisotopic (exact) mass is 425 g/mol. The first-order valence-electron chi connectivity index (χ1n) is 8.71. The van der Waals surface area contributed by atoms with Gasteiger partial charge >= 0.3 is 0 Å². The first kappa shape index (κ1) is 19.2. The summed E-state index contributed by atoms with van der Waals surface area (Å²) in [6, 6.07) is 13.8. The van der Waals surface area contributed by atoms with Crippen LogP contribution in [-0.2, 0) is 11.2 Å². The van der Waals surface area contributed by atoms with E-state index in [2.05, 4.69) is 15.3 Å². The Morgan fingerprint density at radius 2 is 1.90 bits per heavy atom. The van der Waals surface area contributed by atoms with Crippen LogP contribution in [0.15, 0.2) is 59.3 Å². The predicted molar refractivity (Wildman–Crippen MR) is 114 cm³/mol. The molecule has 0 bridgehead atoms. The van der Waals surface area contributed by atoms with Gasteiger partial charge in [0.2, 0.25) is 5.91 Å². The Kier molecular flexibility index (Phi) is 5.64. The van der Waals surface area contributed by atoms with Gasteiger partial charge in [-0.3, -0.25) is 4.79 Å². The number of benzene rings is 2. The van der Waals surface area contributed by atoms with Crippen LogP contribution in [0.2, 0.25) is 0 Å². The van der Waals surface area contributed by atoms with Crippen LogP contribution in [0.5, 0.6) is 5.75 Å². The van der Waals surface area contributed by atoms with Crippen LogP contribution < -0.4 is 10.1 Å². The van der Waals surface area contributed by atoms with Crippen molar-refractivity contribution in [2.45, 2.75) is 6.42 Å². The van der Waals surface area contributed by atoms with Crippen LogP contribution in [0.4, 0.5) is 9.52 Å². The van der Waals surface area contributed by atoms with Crippen molar-refractivity contribution >= 4 is 33.7 Å². The fourth-order valence-corrected chi connectivity index (χ4v) is 4.25. The number of ether oxygens (including phenoxy) is 1. The van der Waals surface area contributed by atoms with Crippen LogP contribution in [0, 0.1) is 5.82 Å². The second-order valence-electron chi connectivity index (χ2n) is 6.15. The number of nitrogens with zero attached hydrogens (tertiary/aromatic N) is 2. The van der Waals surface area contributed by atoms with Gasteiger partial charge in [-0.1, -0.05) is 12.1 Å². The third-order valence-corrected chi connectivity index (χ3v) is 5.80. The largest absolute Gasteiger partial charge is 0.497 e. The zero-order chi connectivity index (χ0) is 20.2. The maximum absolute atomic E-state index is 13.4. The van der Waals surface area contributed by atoms with Gasteiger partial charge in [-0.05, 0) is 36.4 Å². The first-order chi connectivity index (χ1) is 14.1. The molecule has 0 fully saturated rings. The number of anilines is 1. The molecule has 4 aromatic rings. The summed E-state index contributed by atoms with van der Waals surface area (Å²) in [5.74, 6) is 0.267. The van der Waals surface area contributed by atoms with Gasteiger partial charge in [0.15, 0.2) is 5.13 Å². The van der Waals surface area contributed by atoms with Crippen molar-refractivity contribution in [3.05, 3.63) is 70.8 Å². The molecule has 2 heterocycles. The number of aromatic nitrogens is 2. The molecule has 5 nitrogen and oxygen atoms in total. The Hall–Kier alpha value is -3.10. The third-order valence-electron chi connectivity index (χ3n) is 4.10. The molecule has 8 heteroatoms. The van der Waals surface area contributed by atoms with E-state index in [0.717, 1.165) is 17.0 Å². The first-order valence-corrected chi connectivity index (χ1v) is 10.5. The minimum absolute atomic E-state index is 0.128. The number of nitrogens with one attached hydrogen (secondary N) is 1. The zero-order valence-corrected chi connectivity index (χ0v) is 17.0. The molecule has 0 aliphatic carbocycles. The predicted octanol–water partition coefficient (Wildman–Crippen LogP) is 5.26. The van der Waals surface area contributed by atoms with Crippen LogP contribution >= 0.6 is 22.7 Å². The van der Waals surface area contributed by atoms with Crippen molar-refractivity contribution in [2.24, 2.45) is 0 Å². The van der Waals surface area contributed by atoms with E-state index in [1.54, 1.807) is 19.2 Å². The number of carbonyl (C=O) groups is 1. The number of methoxy groups -OCH3 is 1. The Balaban J connectivity index is 1.39. The second kappa shape index (κ2) is 8.50. The van der Waals surface area contributed by atoms with Gasteiger partial charge in [0, 0.05) is 21.9 Å². The lowest BCUT2D eigenvalue weighted by molar-refractivity contribution is -0.115. The van der Waals surface area contributed by atoms with Gasteiger partial charge in [0.1, 0.15) is 16.6 Å². The summed E-state index contributed by atoms with van der Waals surface area (Å²) < 4.78 is 18.5. The Bertz CT molecular complexity index is 1140. The van der Waals surface area contributed by atoms with Gasteiger partial charge in [0.25, 0.3) is 0 Å². The second-order valence-corrected chi connectivity index (χ2v) is 7.86. The SMILES string of the molecule is COc1ccc(-c2csc(NC(=O)Cc3csc(-c4cccc(F)c4)n3)n2)cc1. The van der Waals surface area contributed by atoms with Crippen LogP contribution in [-0.4, -0.2) is 23.0 Å². The molecule has 0 aliphatic rings. The molecule has 0 radical (unpaired) electrons. The number of carbonyl (C=O) groups excluding carboxylic acids is 1. The van der Waals surface area contributed by atoms with Gasteiger partial charge in [-0.15, -0.1) is 22.7 Å². The van der Waals surface area contributed by atoms with Crippen molar-refractivity contribution in [1.82, 2.24) is 9.97 Å². The summed E-state index contributed by atoms with van der Waals surface area (Å²) in [5, 5.41) is 7.72. The minimum atomic E-state index is -0.312. The van der Waals surface area contributed by atoms with Crippen LogP contribution in [0.25, 0.3) is 21.8 Å². The molecule has 1 amide bonds. The summed E-state index contributed by atoms with van der Waals surface area (Å²) in [6.07, 6.45) is 0.128. The number of amides is 1. The molecule has 2 aromatic heterocycles. The molecule has 0 saturated carbocycles. The van der Waals surface area contributed by atoms with Gasteiger partial charge < -0.3 is 10.1 Å². The van der Waals surface area contributed by atoms with Gasteiger partial charge in [0.05, 0.1) is 24.9 Å². The van der Waals surface area contributed by atoms with Crippen molar-refractivity contribution < 1.29 is 13.9 Å². The van der Waals surface area contributed by atoms with E-state index in [0.29, 0.717) is 21.4 Å².